The van der Waals surface area contributed by atoms with Crippen LogP contribution in [0, 0.1) is 20.8 Å². The fourth-order valence-electron chi connectivity index (χ4n) is 2.40. The fraction of sp³-hybridized carbons (Fsp3) is 0.500. The number of rotatable bonds is 6. The molecule has 0 saturated heterocycles. The van der Waals surface area contributed by atoms with Crippen LogP contribution in [-0.2, 0) is 11.2 Å². The number of carbonyl (C=O) groups excluding carboxylic acids is 1. The molecule has 0 aromatic carbocycles. The lowest BCUT2D eigenvalue weighted by atomic mass is 10.1. The van der Waals surface area contributed by atoms with Crippen LogP contribution in [-0.4, -0.2) is 36.4 Å². The van der Waals surface area contributed by atoms with E-state index in [0.717, 1.165) is 15.6 Å². The summed E-state index contributed by atoms with van der Waals surface area (Å²) in [5, 5.41) is 6.17. The molecule has 4 nitrogen and oxygen atoms in total. The molecule has 0 fully saturated rings. The Kier molecular flexibility index (Phi) is 5.72. The smallest absolute Gasteiger partial charge is 0.226 e. The molecule has 0 aliphatic carbocycles. The van der Waals surface area contributed by atoms with Crippen molar-refractivity contribution in [2.24, 2.45) is 0 Å². The summed E-state index contributed by atoms with van der Waals surface area (Å²) in [6, 6.07) is 2.34. The largest absolute Gasteiger partial charge is 0.354 e. The first kappa shape index (κ1) is 17.1. The van der Waals surface area contributed by atoms with Crippen molar-refractivity contribution >= 4 is 28.6 Å². The lowest BCUT2D eigenvalue weighted by Gasteiger charge is -2.24. The Labute approximate surface area is 140 Å². The van der Waals surface area contributed by atoms with E-state index in [1.807, 2.05) is 27.9 Å². The van der Waals surface area contributed by atoms with Gasteiger partial charge in [-0.05, 0) is 51.9 Å². The van der Waals surface area contributed by atoms with E-state index < -0.39 is 0 Å². The van der Waals surface area contributed by atoms with Crippen molar-refractivity contribution in [3.05, 3.63) is 37.5 Å². The van der Waals surface area contributed by atoms with E-state index in [1.54, 1.807) is 22.7 Å². The molecule has 0 spiro atoms. The molecule has 0 bridgehead atoms. The van der Waals surface area contributed by atoms with Crippen molar-refractivity contribution in [1.29, 1.82) is 0 Å². The van der Waals surface area contributed by atoms with E-state index in [4.69, 9.17) is 0 Å². The Morgan fingerprint density at radius 3 is 2.59 bits per heavy atom. The van der Waals surface area contributed by atoms with Crippen LogP contribution in [0.25, 0.3) is 0 Å². The molecule has 2 aromatic heterocycles. The second-order valence-corrected chi connectivity index (χ2v) is 8.02. The number of aromatic nitrogens is 1. The first-order valence-electron chi connectivity index (χ1n) is 7.28. The van der Waals surface area contributed by atoms with E-state index in [1.165, 1.54) is 10.4 Å². The van der Waals surface area contributed by atoms with Gasteiger partial charge in [-0.25, -0.2) is 4.98 Å². The fourth-order valence-corrected chi connectivity index (χ4v) is 4.36. The molecule has 0 saturated carbocycles. The number of likely N-dealkylation sites (N-methyl/N-ethyl adjacent to an activating group) is 1. The zero-order valence-corrected chi connectivity index (χ0v) is 15.4. The molecule has 6 heteroatoms. The summed E-state index contributed by atoms with van der Waals surface area (Å²) < 4.78 is 0. The maximum absolute atomic E-state index is 12.2. The number of nitrogens with zero attached hydrogens (tertiary/aromatic N) is 2. The summed E-state index contributed by atoms with van der Waals surface area (Å²) >= 11 is 3.39. The predicted octanol–water partition coefficient (Wildman–Crippen LogP) is 3.09. The monoisotopic (exact) mass is 337 g/mol. The van der Waals surface area contributed by atoms with Crippen molar-refractivity contribution in [3.63, 3.8) is 0 Å². The number of carbonyl (C=O) groups is 1. The second-order valence-electron chi connectivity index (χ2n) is 5.66. The Morgan fingerprint density at radius 2 is 2.09 bits per heavy atom. The predicted molar refractivity (Wildman–Crippen MR) is 93.8 cm³/mol. The van der Waals surface area contributed by atoms with E-state index in [2.05, 4.69) is 33.6 Å². The van der Waals surface area contributed by atoms with E-state index in [9.17, 15) is 4.79 Å². The summed E-state index contributed by atoms with van der Waals surface area (Å²) in [6.07, 6.45) is 0.361. The van der Waals surface area contributed by atoms with Gasteiger partial charge in [0.2, 0.25) is 5.91 Å². The molecule has 0 aliphatic heterocycles. The molecular formula is C16H23N3OS2. The summed E-state index contributed by atoms with van der Waals surface area (Å²) in [5.41, 5.74) is 2.18. The van der Waals surface area contributed by atoms with Gasteiger partial charge in [-0.15, -0.1) is 22.7 Å². The van der Waals surface area contributed by atoms with E-state index >= 15 is 0 Å². The van der Waals surface area contributed by atoms with Crippen LogP contribution >= 0.6 is 22.7 Å². The average Bonchev–Trinajstić information content (AvgIpc) is 2.96. The Morgan fingerprint density at radius 1 is 1.36 bits per heavy atom. The highest BCUT2D eigenvalue weighted by atomic mass is 32.1. The van der Waals surface area contributed by atoms with Gasteiger partial charge in [0.25, 0.3) is 0 Å². The van der Waals surface area contributed by atoms with Gasteiger partial charge >= 0.3 is 0 Å². The van der Waals surface area contributed by atoms with Crippen molar-refractivity contribution in [3.8, 4) is 0 Å². The number of amides is 1. The van der Waals surface area contributed by atoms with Gasteiger partial charge in [-0.1, -0.05) is 0 Å². The zero-order chi connectivity index (χ0) is 16.3. The molecule has 2 aromatic rings. The zero-order valence-electron chi connectivity index (χ0n) is 13.8. The van der Waals surface area contributed by atoms with E-state index in [-0.39, 0.29) is 11.9 Å². The highest BCUT2D eigenvalue weighted by Gasteiger charge is 2.19. The van der Waals surface area contributed by atoms with Gasteiger partial charge in [-0.2, -0.15) is 0 Å². The van der Waals surface area contributed by atoms with Crippen molar-refractivity contribution < 1.29 is 4.79 Å². The van der Waals surface area contributed by atoms with Crippen LogP contribution < -0.4 is 5.32 Å². The van der Waals surface area contributed by atoms with Crippen molar-refractivity contribution in [1.82, 2.24) is 15.2 Å². The summed E-state index contributed by atoms with van der Waals surface area (Å²) in [4.78, 5) is 21.2. The molecule has 0 aliphatic rings. The van der Waals surface area contributed by atoms with Crippen LogP contribution in [0.5, 0.6) is 0 Å². The Hall–Kier alpha value is -1.24. The lowest BCUT2D eigenvalue weighted by molar-refractivity contribution is -0.120. The standard InChI is InChI=1S/C16H23N3OS2/c1-10-6-7-21-16(10)14(19(4)5)9-17-15(20)8-13-11(2)22-12(3)18-13/h6-7,14H,8-9H2,1-5H3,(H,17,20). The topological polar surface area (TPSA) is 45.2 Å². The quantitative estimate of drug-likeness (QED) is 0.881. The van der Waals surface area contributed by atoms with Crippen molar-refractivity contribution in [2.45, 2.75) is 33.2 Å². The summed E-state index contributed by atoms with van der Waals surface area (Å²) in [5.74, 6) is 0.0365. The Bertz CT molecular complexity index is 646. The third kappa shape index (κ3) is 4.15. The van der Waals surface area contributed by atoms with Crippen molar-refractivity contribution in [2.75, 3.05) is 20.6 Å². The molecule has 0 radical (unpaired) electrons. The third-order valence-corrected chi connectivity index (χ3v) is 5.70. The maximum Gasteiger partial charge on any atom is 0.226 e. The third-order valence-electron chi connectivity index (χ3n) is 3.65. The number of thiazole rings is 1. The highest BCUT2D eigenvalue weighted by Crippen LogP contribution is 2.26. The van der Waals surface area contributed by atoms with E-state index in [0.29, 0.717) is 13.0 Å². The number of hydrogen-bond donors (Lipinski definition) is 1. The van der Waals surface area contributed by atoms with Crippen LogP contribution in [0.15, 0.2) is 11.4 Å². The molecule has 1 atom stereocenters. The second kappa shape index (κ2) is 7.35. The minimum atomic E-state index is 0.0365. The number of thiophene rings is 1. The molecule has 2 rings (SSSR count). The van der Waals surface area contributed by atoms with Gasteiger partial charge in [0.1, 0.15) is 0 Å². The summed E-state index contributed by atoms with van der Waals surface area (Å²) in [7, 11) is 4.09. The number of aryl methyl sites for hydroxylation is 3. The van der Waals surface area contributed by atoms with Gasteiger partial charge in [0.15, 0.2) is 0 Å². The minimum absolute atomic E-state index is 0.0365. The highest BCUT2D eigenvalue weighted by molar-refractivity contribution is 7.11. The average molecular weight is 338 g/mol. The first-order valence-corrected chi connectivity index (χ1v) is 8.98. The van der Waals surface area contributed by atoms with Crippen LogP contribution in [0.1, 0.15) is 32.1 Å². The van der Waals surface area contributed by atoms with Gasteiger partial charge in [-0.3, -0.25) is 4.79 Å². The van der Waals surface area contributed by atoms with Gasteiger partial charge < -0.3 is 10.2 Å². The molecule has 22 heavy (non-hydrogen) atoms. The van der Waals surface area contributed by atoms with Crippen LogP contribution in [0.3, 0.4) is 0 Å². The molecule has 1 unspecified atom stereocenters. The van der Waals surface area contributed by atoms with Gasteiger partial charge in [0, 0.05) is 16.3 Å². The lowest BCUT2D eigenvalue weighted by Crippen LogP contribution is -2.35. The molecule has 120 valence electrons. The normalized spacial score (nSPS) is 12.6. The molecule has 2 heterocycles. The SMILES string of the molecule is Cc1nc(CC(=O)NCC(c2sccc2C)N(C)C)c(C)s1. The number of hydrogen-bond acceptors (Lipinski definition) is 5. The minimum Gasteiger partial charge on any atom is -0.354 e. The number of nitrogens with one attached hydrogen (secondary N) is 1. The molecule has 1 N–H and O–H groups in total. The summed E-state index contributed by atoms with van der Waals surface area (Å²) in [6.45, 7) is 6.73. The maximum atomic E-state index is 12.2. The molecular weight excluding hydrogens is 314 g/mol. The Balaban J connectivity index is 1.96. The first-order chi connectivity index (χ1) is 10.4. The molecule has 1 amide bonds. The van der Waals surface area contributed by atoms with Gasteiger partial charge in [0.05, 0.1) is 23.2 Å². The van der Waals surface area contributed by atoms with Crippen LogP contribution in [0.4, 0.5) is 0 Å². The van der Waals surface area contributed by atoms with Crippen LogP contribution in [0.2, 0.25) is 0 Å².